The molecule has 25 heavy (non-hydrogen) atoms. The van der Waals surface area contributed by atoms with Crippen molar-refractivity contribution in [3.8, 4) is 0 Å². The molecule has 0 aliphatic rings. The fourth-order valence-corrected chi connectivity index (χ4v) is 2.79. The average molecular weight is 336 g/mol. The highest BCUT2D eigenvalue weighted by atomic mass is 16.5. The van der Waals surface area contributed by atoms with Crippen molar-refractivity contribution in [3.05, 3.63) is 0 Å². The molecule has 0 saturated heterocycles. The summed E-state index contributed by atoms with van der Waals surface area (Å²) in [6, 6.07) is 0. The summed E-state index contributed by atoms with van der Waals surface area (Å²) in [6.45, 7) is 3.12. The lowest BCUT2D eigenvalue weighted by molar-refractivity contribution is 0.0868. The summed E-state index contributed by atoms with van der Waals surface area (Å²) in [5.41, 5.74) is 0. The van der Waals surface area contributed by atoms with Gasteiger partial charge < -0.3 is 9.47 Å². The molecular weight excluding hydrogens is 301 g/mol. The third-order valence-corrected chi connectivity index (χ3v) is 4.21. The van der Waals surface area contributed by atoms with Crippen LogP contribution in [0.2, 0.25) is 19.0 Å². The summed E-state index contributed by atoms with van der Waals surface area (Å²) in [5, 5.41) is 0. The van der Waals surface area contributed by atoms with Gasteiger partial charge in [0.25, 0.3) is 0 Å². The van der Waals surface area contributed by atoms with Gasteiger partial charge in [-0.1, -0.05) is 51.6 Å². The Morgan fingerprint density at radius 1 is 0.760 bits per heavy atom. The molecule has 8 heteroatoms. The maximum Gasteiger partial charge on any atom is 0.0570 e. The second-order valence-corrected chi connectivity index (χ2v) is 6.47. The first-order chi connectivity index (χ1) is 12.2. The van der Waals surface area contributed by atoms with Crippen molar-refractivity contribution in [2.75, 3.05) is 20.8 Å². The van der Waals surface area contributed by atoms with E-state index in [4.69, 9.17) is 32.7 Å². The van der Waals surface area contributed by atoms with Crippen LogP contribution >= 0.6 is 0 Å². The smallest absolute Gasteiger partial charge is 0.0570 e. The molecule has 0 rings (SSSR count). The maximum atomic E-state index is 5.33. The van der Waals surface area contributed by atoms with Crippen LogP contribution in [0, 0.1) is 5.92 Å². The zero-order valence-corrected chi connectivity index (χ0v) is 16.9. The molecule has 0 saturated carbocycles. The topological polar surface area (TPSA) is 18.5 Å². The van der Waals surface area contributed by atoms with Crippen molar-refractivity contribution >= 4 is 44.7 Å². The van der Waals surface area contributed by atoms with Crippen LogP contribution in [0.4, 0.5) is 0 Å². The van der Waals surface area contributed by atoms with Crippen molar-refractivity contribution in [1.82, 2.24) is 0 Å². The van der Waals surface area contributed by atoms with E-state index in [0.717, 1.165) is 57.2 Å². The number of rotatable bonds is 17. The standard InChI is InChI=1S/C9H19B2O.C8H16B4O/c1-3-5-9(8-12-2)6-4-7-11-10;1-13-8(4-2-6-11-9)5-3-7-12-10/h9H,3-8H2,1-2H3;8H,2-7H2,1H3. The highest BCUT2D eigenvalue weighted by Crippen LogP contribution is 2.14. The molecule has 0 amide bonds. The molecule has 0 aromatic carbocycles. The number of hydrogen-bond acceptors (Lipinski definition) is 2. The first-order valence-electron chi connectivity index (χ1n) is 9.81. The third kappa shape index (κ3) is 22.3. The Hall–Kier alpha value is 0.310. The number of ether oxygens (including phenoxy) is 2. The van der Waals surface area contributed by atoms with E-state index >= 15 is 0 Å². The molecule has 0 heterocycles. The fraction of sp³-hybridized carbons (Fsp3) is 1.00. The maximum absolute atomic E-state index is 5.33. The van der Waals surface area contributed by atoms with E-state index < -0.39 is 0 Å². The van der Waals surface area contributed by atoms with E-state index in [9.17, 15) is 0 Å². The molecule has 0 spiro atoms. The van der Waals surface area contributed by atoms with Crippen molar-refractivity contribution < 1.29 is 9.47 Å². The predicted molar refractivity (Wildman–Crippen MR) is 118 cm³/mol. The largest absolute Gasteiger partial charge is 0.384 e. The number of methoxy groups -OCH3 is 2. The zero-order chi connectivity index (χ0) is 19.2. The molecule has 1 atom stereocenters. The van der Waals surface area contributed by atoms with Gasteiger partial charge in [-0.15, -0.1) is 0 Å². The van der Waals surface area contributed by atoms with Gasteiger partial charge in [-0.3, -0.25) is 0 Å². The summed E-state index contributed by atoms with van der Waals surface area (Å²) in [4.78, 5) is 0. The lowest BCUT2D eigenvalue weighted by Crippen LogP contribution is -2.11. The van der Waals surface area contributed by atoms with Crippen LogP contribution in [0.25, 0.3) is 0 Å². The van der Waals surface area contributed by atoms with Gasteiger partial charge in [0.05, 0.1) is 27.6 Å². The van der Waals surface area contributed by atoms with E-state index in [1.54, 1.807) is 35.7 Å². The average Bonchev–Trinajstić information content (AvgIpc) is 2.62. The minimum absolute atomic E-state index is 0.375. The summed E-state index contributed by atoms with van der Waals surface area (Å²) < 4.78 is 10.5. The molecule has 0 aromatic rings. The van der Waals surface area contributed by atoms with Crippen LogP contribution in [0.15, 0.2) is 0 Å². The normalized spacial score (nSPS) is 11.5. The highest BCUT2D eigenvalue weighted by Gasteiger charge is 2.06. The van der Waals surface area contributed by atoms with Gasteiger partial charge in [0, 0.05) is 44.0 Å². The molecule has 1 unspecified atom stereocenters. The van der Waals surface area contributed by atoms with Gasteiger partial charge >= 0.3 is 0 Å². The molecule has 2 nitrogen and oxygen atoms in total. The predicted octanol–water partition coefficient (Wildman–Crippen LogP) is 3.01. The van der Waals surface area contributed by atoms with Gasteiger partial charge in [0.2, 0.25) is 0 Å². The van der Waals surface area contributed by atoms with Gasteiger partial charge in [0.1, 0.15) is 0 Å². The van der Waals surface area contributed by atoms with Crippen molar-refractivity contribution in [2.24, 2.45) is 5.92 Å². The Bertz CT molecular complexity index is 221. The lowest BCUT2D eigenvalue weighted by Gasteiger charge is -2.14. The van der Waals surface area contributed by atoms with Gasteiger partial charge in [-0.05, 0) is 31.6 Å². The fourth-order valence-electron chi connectivity index (χ4n) is 2.79. The van der Waals surface area contributed by atoms with Gasteiger partial charge in [0.15, 0.2) is 0 Å². The van der Waals surface area contributed by atoms with E-state index in [0.29, 0.717) is 6.10 Å². The van der Waals surface area contributed by atoms with Crippen molar-refractivity contribution in [3.63, 3.8) is 0 Å². The Kier molecular flexibility index (Phi) is 26.8. The van der Waals surface area contributed by atoms with Crippen LogP contribution < -0.4 is 0 Å². The second-order valence-electron chi connectivity index (χ2n) is 6.47. The third-order valence-electron chi connectivity index (χ3n) is 4.21. The number of hydrogen-bond donors (Lipinski definition) is 0. The molecule has 0 fully saturated rings. The van der Waals surface area contributed by atoms with E-state index in [1.165, 1.54) is 25.7 Å². The zero-order valence-electron chi connectivity index (χ0n) is 16.9. The Balaban J connectivity index is 0. The van der Waals surface area contributed by atoms with Crippen LogP contribution in [-0.4, -0.2) is 71.7 Å². The van der Waals surface area contributed by atoms with Crippen LogP contribution in [0.1, 0.15) is 58.3 Å². The summed E-state index contributed by atoms with van der Waals surface area (Å²) >= 11 is 0. The lowest BCUT2D eigenvalue weighted by atomic mass is 9.52. The van der Waals surface area contributed by atoms with Crippen LogP contribution in [0.5, 0.6) is 0 Å². The van der Waals surface area contributed by atoms with E-state index in [1.807, 2.05) is 0 Å². The minimum atomic E-state index is 0.375. The summed E-state index contributed by atoms with van der Waals surface area (Å²) in [7, 11) is 24.6. The monoisotopic (exact) mass is 337 g/mol. The Labute approximate surface area is 164 Å². The highest BCUT2D eigenvalue weighted by molar-refractivity contribution is 6.89. The van der Waals surface area contributed by atoms with E-state index in [-0.39, 0.29) is 0 Å². The SMILES string of the molecule is [B][B]CCCC(CCC)COC.[B][B]CCCC(CCC[B][B])OC. The Morgan fingerprint density at radius 2 is 1.24 bits per heavy atom. The molecular formula is C17H35B6O2. The first kappa shape index (κ1) is 27.5. The quantitative estimate of drug-likeness (QED) is 0.300. The summed E-state index contributed by atoms with van der Waals surface area (Å²) in [5.74, 6) is 0.736. The summed E-state index contributed by atoms with van der Waals surface area (Å²) in [6.07, 6.45) is 12.7. The van der Waals surface area contributed by atoms with Crippen molar-refractivity contribution in [1.29, 1.82) is 0 Å². The van der Waals surface area contributed by atoms with Crippen LogP contribution in [0.3, 0.4) is 0 Å². The Morgan fingerprint density at radius 3 is 1.60 bits per heavy atom. The molecule has 0 N–H and O–H groups in total. The molecule has 0 bridgehead atoms. The van der Waals surface area contributed by atoms with E-state index in [2.05, 4.69) is 6.92 Å². The molecule has 0 aliphatic carbocycles. The van der Waals surface area contributed by atoms with Crippen molar-refractivity contribution in [2.45, 2.75) is 83.4 Å². The second kappa shape index (κ2) is 24.3. The first-order valence-corrected chi connectivity index (χ1v) is 9.81. The molecule has 0 aromatic heterocycles. The molecule has 133 valence electrons. The molecule has 0 aliphatic heterocycles. The van der Waals surface area contributed by atoms with Gasteiger partial charge in [-0.2, -0.15) is 0 Å². The van der Waals surface area contributed by atoms with Gasteiger partial charge in [-0.25, -0.2) is 0 Å². The van der Waals surface area contributed by atoms with Crippen LogP contribution in [-0.2, 0) is 9.47 Å². The minimum Gasteiger partial charge on any atom is -0.384 e. The molecule has 9 radical (unpaired) electrons.